The lowest BCUT2D eigenvalue weighted by atomic mass is 9.98. The quantitative estimate of drug-likeness (QED) is 0.559. The number of rotatable bonds is 9. The van der Waals surface area contributed by atoms with Crippen LogP contribution in [0.4, 0.5) is 0 Å². The van der Waals surface area contributed by atoms with E-state index in [0.717, 1.165) is 0 Å². The molecule has 1 aromatic rings. The van der Waals surface area contributed by atoms with Crippen LogP contribution in [0.2, 0.25) is 0 Å². The van der Waals surface area contributed by atoms with Gasteiger partial charge < -0.3 is 19.5 Å². The number of hydrogen-bond donors (Lipinski definition) is 1. The summed E-state index contributed by atoms with van der Waals surface area (Å²) in [6, 6.07) is 0. The third kappa shape index (κ3) is 5.77. The Hall–Kier alpha value is -1.98. The number of amides is 2. The first-order valence-corrected chi connectivity index (χ1v) is 11.1. The van der Waals surface area contributed by atoms with Crippen molar-refractivity contribution < 1.29 is 27.3 Å². The van der Waals surface area contributed by atoms with Gasteiger partial charge in [0.05, 0.1) is 12.5 Å². The number of piperidine rings is 1. The molecule has 1 unspecified atom stereocenters. The number of ether oxygens (including phenoxy) is 1. The van der Waals surface area contributed by atoms with Crippen molar-refractivity contribution in [2.75, 3.05) is 46.9 Å². The Kier molecular flexibility index (Phi) is 8.17. The van der Waals surface area contributed by atoms with E-state index in [1.54, 1.807) is 28.0 Å². The van der Waals surface area contributed by atoms with Crippen LogP contribution in [0.25, 0.3) is 0 Å². The van der Waals surface area contributed by atoms with Gasteiger partial charge >= 0.3 is 0 Å². The van der Waals surface area contributed by atoms with Gasteiger partial charge in [0.2, 0.25) is 21.8 Å². The number of carbonyl (C=O) groups is 2. The molecule has 0 bridgehead atoms. The van der Waals surface area contributed by atoms with Gasteiger partial charge in [0.25, 0.3) is 0 Å². The van der Waals surface area contributed by atoms with Crippen LogP contribution in [0.5, 0.6) is 0 Å². The van der Waals surface area contributed by atoms with E-state index < -0.39 is 15.9 Å². The Morgan fingerprint density at radius 2 is 2.10 bits per heavy atom. The van der Waals surface area contributed by atoms with E-state index >= 15 is 0 Å². The molecule has 2 amide bonds. The lowest BCUT2D eigenvalue weighted by Gasteiger charge is -2.33. The Morgan fingerprint density at radius 3 is 2.72 bits per heavy atom. The van der Waals surface area contributed by atoms with Crippen molar-refractivity contribution in [3.63, 3.8) is 0 Å². The summed E-state index contributed by atoms with van der Waals surface area (Å²) in [5.74, 6) is -0.757. The lowest BCUT2D eigenvalue weighted by molar-refractivity contribution is -0.139. The first-order chi connectivity index (χ1) is 13.7. The molecule has 11 heteroatoms. The largest absolute Gasteiger partial charge is 0.385 e. The van der Waals surface area contributed by atoms with Crippen LogP contribution >= 0.6 is 0 Å². The predicted molar refractivity (Wildman–Crippen MR) is 105 cm³/mol. The third-order valence-corrected chi connectivity index (χ3v) is 7.01. The van der Waals surface area contributed by atoms with Crippen molar-refractivity contribution in [3.8, 4) is 0 Å². The fourth-order valence-electron chi connectivity index (χ4n) is 3.44. The normalized spacial score (nSPS) is 17.9. The molecule has 0 aromatic carbocycles. The van der Waals surface area contributed by atoms with Gasteiger partial charge in [0.1, 0.15) is 10.6 Å². The second-order valence-corrected chi connectivity index (χ2v) is 9.12. The zero-order chi connectivity index (χ0) is 21.6. The molecular formula is C18H30N4O6S. The molecule has 2 heterocycles. The molecule has 1 aliphatic heterocycles. The van der Waals surface area contributed by atoms with Crippen LogP contribution in [0, 0.1) is 19.8 Å². The number of sulfonamides is 1. The summed E-state index contributed by atoms with van der Waals surface area (Å²) in [5, 5.41) is 6.45. The van der Waals surface area contributed by atoms with E-state index in [-0.39, 0.29) is 35.6 Å². The molecule has 1 N–H and O–H groups in total. The van der Waals surface area contributed by atoms with E-state index in [0.29, 0.717) is 44.7 Å². The summed E-state index contributed by atoms with van der Waals surface area (Å²) < 4.78 is 37.2. The van der Waals surface area contributed by atoms with Crippen LogP contribution in [0.15, 0.2) is 9.42 Å². The van der Waals surface area contributed by atoms with Gasteiger partial charge in [0.15, 0.2) is 5.76 Å². The molecule has 2 rings (SSSR count). The zero-order valence-corrected chi connectivity index (χ0v) is 18.3. The topological polar surface area (TPSA) is 122 Å². The molecule has 0 saturated carbocycles. The number of nitrogens with one attached hydrogen (secondary N) is 1. The maximum atomic E-state index is 13.0. The average Bonchev–Trinajstić information content (AvgIpc) is 3.03. The van der Waals surface area contributed by atoms with E-state index in [1.165, 1.54) is 9.21 Å². The second-order valence-electron chi connectivity index (χ2n) is 7.25. The first kappa shape index (κ1) is 23.3. The maximum Gasteiger partial charge on any atom is 0.248 e. The average molecular weight is 431 g/mol. The minimum Gasteiger partial charge on any atom is -0.385 e. The van der Waals surface area contributed by atoms with Gasteiger partial charge in [-0.1, -0.05) is 5.16 Å². The number of methoxy groups -OCH3 is 1. The van der Waals surface area contributed by atoms with Crippen molar-refractivity contribution in [1.29, 1.82) is 0 Å². The number of carbonyl (C=O) groups excluding carboxylic acids is 2. The standard InChI is InChI=1S/C18H30N4O6S/c1-13-17(14(2)28-20-13)29(25,26)22-9-5-7-15(11-22)18(24)21(3)12-16(23)19-8-6-10-27-4/h15H,5-12H2,1-4H3,(H,19,23). The van der Waals surface area contributed by atoms with Gasteiger partial charge in [-0.05, 0) is 33.1 Å². The Labute approximate surface area is 171 Å². The highest BCUT2D eigenvalue weighted by Crippen LogP contribution is 2.28. The highest BCUT2D eigenvalue weighted by atomic mass is 32.2. The summed E-state index contributed by atoms with van der Waals surface area (Å²) in [6.45, 7) is 4.49. The molecule has 164 valence electrons. The van der Waals surface area contributed by atoms with Crippen molar-refractivity contribution in [3.05, 3.63) is 11.5 Å². The molecule has 1 saturated heterocycles. The number of nitrogens with zero attached hydrogens (tertiary/aromatic N) is 3. The van der Waals surface area contributed by atoms with Gasteiger partial charge in [-0.3, -0.25) is 9.59 Å². The molecule has 10 nitrogen and oxygen atoms in total. The highest BCUT2D eigenvalue weighted by Gasteiger charge is 2.37. The number of likely N-dealkylation sites (N-methyl/N-ethyl adjacent to an activating group) is 1. The van der Waals surface area contributed by atoms with Gasteiger partial charge in [-0.25, -0.2) is 8.42 Å². The van der Waals surface area contributed by atoms with Crippen molar-refractivity contribution in [1.82, 2.24) is 19.7 Å². The molecule has 1 atom stereocenters. The zero-order valence-electron chi connectivity index (χ0n) is 17.4. The smallest absolute Gasteiger partial charge is 0.248 e. The summed E-state index contributed by atoms with van der Waals surface area (Å²) in [6.07, 6.45) is 1.83. The third-order valence-electron chi connectivity index (χ3n) is 4.90. The second kappa shape index (κ2) is 10.2. The van der Waals surface area contributed by atoms with E-state index in [1.807, 2.05) is 0 Å². The molecule has 0 aliphatic carbocycles. The van der Waals surface area contributed by atoms with Gasteiger partial charge in [-0.2, -0.15) is 4.31 Å². The summed E-state index contributed by atoms with van der Waals surface area (Å²) in [4.78, 5) is 26.2. The Bertz CT molecular complexity index is 803. The fourth-order valence-corrected chi connectivity index (χ4v) is 5.25. The molecular weight excluding hydrogens is 400 g/mol. The summed E-state index contributed by atoms with van der Waals surface area (Å²) in [7, 11) is -0.652. The molecule has 0 radical (unpaired) electrons. The SMILES string of the molecule is COCCCNC(=O)CN(C)C(=O)C1CCCN(S(=O)(=O)c2c(C)noc2C)C1. The van der Waals surface area contributed by atoms with E-state index in [2.05, 4.69) is 10.5 Å². The van der Waals surface area contributed by atoms with E-state index in [4.69, 9.17) is 9.26 Å². The van der Waals surface area contributed by atoms with Crippen molar-refractivity contribution in [2.24, 2.45) is 5.92 Å². The van der Waals surface area contributed by atoms with Gasteiger partial charge in [-0.15, -0.1) is 0 Å². The van der Waals surface area contributed by atoms with E-state index in [9.17, 15) is 18.0 Å². The van der Waals surface area contributed by atoms with Crippen molar-refractivity contribution in [2.45, 2.75) is 38.0 Å². The van der Waals surface area contributed by atoms with Crippen LogP contribution in [0.3, 0.4) is 0 Å². The van der Waals surface area contributed by atoms with Crippen LogP contribution < -0.4 is 5.32 Å². The van der Waals surface area contributed by atoms with Crippen LogP contribution in [0.1, 0.15) is 30.7 Å². The highest BCUT2D eigenvalue weighted by molar-refractivity contribution is 7.89. The molecule has 29 heavy (non-hydrogen) atoms. The summed E-state index contributed by atoms with van der Waals surface area (Å²) in [5.41, 5.74) is 0.304. The van der Waals surface area contributed by atoms with Gasteiger partial charge in [0, 0.05) is 40.4 Å². The minimum absolute atomic E-state index is 0.0643. The Morgan fingerprint density at radius 1 is 1.38 bits per heavy atom. The number of aryl methyl sites for hydroxylation is 2. The molecule has 1 fully saturated rings. The predicted octanol–water partition coefficient (Wildman–Crippen LogP) is 0.303. The van der Waals surface area contributed by atoms with Crippen LogP contribution in [-0.4, -0.2) is 81.5 Å². The molecule has 1 aromatic heterocycles. The molecule has 0 spiro atoms. The maximum absolute atomic E-state index is 13.0. The minimum atomic E-state index is -3.80. The first-order valence-electron chi connectivity index (χ1n) is 9.62. The Balaban J connectivity index is 1.97. The molecule has 1 aliphatic rings. The number of aromatic nitrogens is 1. The fraction of sp³-hybridized carbons (Fsp3) is 0.722. The lowest BCUT2D eigenvalue weighted by Crippen LogP contribution is -2.47. The van der Waals surface area contributed by atoms with Crippen LogP contribution in [-0.2, 0) is 24.3 Å². The number of hydrogen-bond acceptors (Lipinski definition) is 7. The monoisotopic (exact) mass is 430 g/mol. The summed E-state index contributed by atoms with van der Waals surface area (Å²) >= 11 is 0. The van der Waals surface area contributed by atoms with Crippen molar-refractivity contribution >= 4 is 21.8 Å².